The summed E-state index contributed by atoms with van der Waals surface area (Å²) >= 11 is 1.86. The largest absolute Gasteiger partial charge is 0.295 e. The van der Waals surface area contributed by atoms with Crippen LogP contribution in [0.15, 0.2) is 66.3 Å². The van der Waals surface area contributed by atoms with Gasteiger partial charge in [0, 0.05) is 10.9 Å². The molecule has 0 amide bonds. The molecule has 1 rings (SSSR count). The fraction of sp³-hybridized carbons (Fsp3) is 0.364. The van der Waals surface area contributed by atoms with Crippen LogP contribution in [-0.4, -0.2) is 16.0 Å². The van der Waals surface area contributed by atoms with Crippen LogP contribution in [0.2, 0.25) is 0 Å². The molecule has 3 heteroatoms. The van der Waals surface area contributed by atoms with E-state index >= 15 is 0 Å². The molecule has 136 valence electrons. The first-order valence-corrected chi connectivity index (χ1v) is 10.0. The van der Waals surface area contributed by atoms with Crippen molar-refractivity contribution in [3.8, 4) is 0 Å². The van der Waals surface area contributed by atoms with E-state index in [0.29, 0.717) is 5.25 Å². The number of allylic oxidation sites excluding steroid dienone is 10. The average molecular weight is 357 g/mol. The van der Waals surface area contributed by atoms with E-state index in [1.807, 2.05) is 43.0 Å². The van der Waals surface area contributed by atoms with E-state index in [2.05, 4.69) is 69.0 Å². The fourth-order valence-corrected chi connectivity index (χ4v) is 3.00. The lowest BCUT2D eigenvalue weighted by atomic mass is 10.1. The predicted octanol–water partition coefficient (Wildman–Crippen LogP) is 6.85. The van der Waals surface area contributed by atoms with Crippen molar-refractivity contribution in [2.24, 2.45) is 0 Å². The van der Waals surface area contributed by atoms with Crippen molar-refractivity contribution in [1.29, 1.82) is 0 Å². The molecule has 0 aliphatic rings. The Kier molecular flexibility index (Phi) is 8.64. The first-order chi connectivity index (χ1) is 11.8. The number of hydrogen-bond acceptors (Lipinski definition) is 1. The maximum atomic E-state index is 4.10. The van der Waals surface area contributed by atoms with Gasteiger partial charge in [-0.3, -0.25) is 9.78 Å². The third-order valence-electron chi connectivity index (χ3n) is 4.14. The molecule has 1 aromatic rings. The van der Waals surface area contributed by atoms with E-state index < -0.39 is 0 Å². The van der Waals surface area contributed by atoms with Crippen molar-refractivity contribution in [2.75, 3.05) is 6.26 Å². The molecule has 1 unspecified atom stereocenters. The van der Waals surface area contributed by atoms with Crippen molar-refractivity contribution < 1.29 is 0 Å². The quantitative estimate of drug-likeness (QED) is 0.480. The highest BCUT2D eigenvalue weighted by Crippen LogP contribution is 2.30. The van der Waals surface area contributed by atoms with E-state index in [1.165, 1.54) is 22.7 Å². The summed E-state index contributed by atoms with van der Waals surface area (Å²) in [6.45, 7) is 18.8. The van der Waals surface area contributed by atoms with Crippen LogP contribution in [0.4, 0.5) is 0 Å². The van der Waals surface area contributed by atoms with Gasteiger partial charge in [-0.15, -0.1) is 0 Å². The minimum atomic E-state index is 0.504. The molecule has 0 aromatic carbocycles. The second-order valence-electron chi connectivity index (χ2n) is 6.15. The first kappa shape index (κ1) is 21.2. The molecule has 1 aromatic heterocycles. The van der Waals surface area contributed by atoms with Gasteiger partial charge in [0.25, 0.3) is 0 Å². The van der Waals surface area contributed by atoms with Crippen LogP contribution in [0.3, 0.4) is 0 Å². The van der Waals surface area contributed by atoms with Gasteiger partial charge in [0.05, 0.1) is 11.4 Å². The second-order valence-corrected chi connectivity index (χ2v) is 7.32. The number of rotatable bonds is 9. The Balaban J connectivity index is 2.81. The monoisotopic (exact) mass is 356 g/mol. The van der Waals surface area contributed by atoms with Crippen LogP contribution in [0.25, 0.3) is 5.70 Å². The normalized spacial score (nSPS) is 14.6. The van der Waals surface area contributed by atoms with Crippen LogP contribution in [0.5, 0.6) is 0 Å². The lowest BCUT2D eigenvalue weighted by Crippen LogP contribution is -2.20. The molecule has 0 bridgehead atoms. The van der Waals surface area contributed by atoms with E-state index in [-0.39, 0.29) is 0 Å². The van der Waals surface area contributed by atoms with Gasteiger partial charge in [0.1, 0.15) is 0 Å². The summed E-state index contributed by atoms with van der Waals surface area (Å²) in [5.74, 6) is 0. The molecule has 0 aliphatic heterocycles. The zero-order valence-electron chi connectivity index (χ0n) is 16.5. The summed E-state index contributed by atoms with van der Waals surface area (Å²) in [4.78, 5) is 0. The van der Waals surface area contributed by atoms with Crippen molar-refractivity contribution >= 4 is 17.5 Å². The maximum Gasteiger partial charge on any atom is 0.0661 e. The average Bonchev–Trinajstić information content (AvgIpc) is 2.54. The Hall–Kier alpha value is -1.87. The standard InChI is InChI=1S/C22H32N2S/c1-9-12-16(3)15-18(5)17(4)13-11-14-19(6)24-21(10-2)22(23-24)20(7)25-8/h9,11-15,20,23H,4-5,10H2,1-3,6-8H3/b12-9-,13-11-,16-15-,19-14+. The third-order valence-corrected chi connectivity index (χ3v) is 5.08. The number of H-pyrrole nitrogens is 1. The van der Waals surface area contributed by atoms with Gasteiger partial charge >= 0.3 is 0 Å². The number of aromatic amines is 1. The van der Waals surface area contributed by atoms with Gasteiger partial charge in [-0.2, -0.15) is 11.8 Å². The summed E-state index contributed by atoms with van der Waals surface area (Å²) < 4.78 is 2.17. The van der Waals surface area contributed by atoms with Crippen LogP contribution < -0.4 is 0 Å². The smallest absolute Gasteiger partial charge is 0.0661 e. The van der Waals surface area contributed by atoms with E-state index in [0.717, 1.165) is 17.6 Å². The number of aromatic nitrogens is 2. The molecule has 2 nitrogen and oxygen atoms in total. The van der Waals surface area contributed by atoms with Crippen LogP contribution >= 0.6 is 11.8 Å². The van der Waals surface area contributed by atoms with Crippen molar-refractivity contribution in [1.82, 2.24) is 9.78 Å². The molecule has 1 heterocycles. The van der Waals surface area contributed by atoms with Gasteiger partial charge in [0.15, 0.2) is 0 Å². The molecule has 25 heavy (non-hydrogen) atoms. The van der Waals surface area contributed by atoms with Crippen LogP contribution in [0.1, 0.15) is 51.3 Å². The van der Waals surface area contributed by atoms with Crippen molar-refractivity contribution in [3.05, 3.63) is 77.7 Å². The highest BCUT2D eigenvalue weighted by molar-refractivity contribution is 7.98. The molecule has 0 fully saturated rings. The minimum absolute atomic E-state index is 0.504. The second kappa shape index (κ2) is 10.2. The molecule has 0 saturated heterocycles. The Labute approximate surface area is 157 Å². The van der Waals surface area contributed by atoms with Crippen LogP contribution in [0, 0.1) is 0 Å². The van der Waals surface area contributed by atoms with Gasteiger partial charge in [-0.05, 0) is 57.6 Å². The van der Waals surface area contributed by atoms with Gasteiger partial charge in [-0.25, -0.2) is 0 Å². The fourth-order valence-electron chi connectivity index (χ4n) is 2.58. The lowest BCUT2D eigenvalue weighted by Gasteiger charge is -2.26. The number of thioether (sulfide) groups is 1. The lowest BCUT2D eigenvalue weighted by molar-refractivity contribution is 0.661. The zero-order chi connectivity index (χ0) is 19.0. The Bertz CT molecular complexity index is 720. The zero-order valence-corrected chi connectivity index (χ0v) is 17.3. The van der Waals surface area contributed by atoms with Crippen molar-refractivity contribution in [2.45, 2.75) is 46.3 Å². The van der Waals surface area contributed by atoms with E-state index in [4.69, 9.17) is 0 Å². The first-order valence-electron chi connectivity index (χ1n) is 8.72. The van der Waals surface area contributed by atoms with Gasteiger partial charge < -0.3 is 0 Å². The number of nitrogens with zero attached hydrogens (tertiary/aromatic N) is 1. The summed E-state index contributed by atoms with van der Waals surface area (Å²) in [6, 6.07) is 0. The van der Waals surface area contributed by atoms with Gasteiger partial charge in [-0.1, -0.05) is 56.0 Å². The molecule has 1 atom stereocenters. The van der Waals surface area contributed by atoms with Crippen molar-refractivity contribution in [3.63, 3.8) is 0 Å². The molecular weight excluding hydrogens is 324 g/mol. The van der Waals surface area contributed by atoms with E-state index in [9.17, 15) is 0 Å². The van der Waals surface area contributed by atoms with E-state index in [1.54, 1.807) is 0 Å². The summed E-state index contributed by atoms with van der Waals surface area (Å²) in [5, 5.41) is 3.97. The Morgan fingerprint density at radius 1 is 1.24 bits per heavy atom. The maximum absolute atomic E-state index is 4.10. The number of nitrogens with one attached hydrogen (secondary N) is 1. The highest BCUT2D eigenvalue weighted by atomic mass is 32.2. The van der Waals surface area contributed by atoms with Crippen LogP contribution in [-0.2, 0) is 6.42 Å². The number of hydrogen-bond donors (Lipinski definition) is 1. The molecule has 0 aliphatic carbocycles. The topological polar surface area (TPSA) is 20.7 Å². The molecule has 0 radical (unpaired) electrons. The summed E-state index contributed by atoms with van der Waals surface area (Å²) in [5.41, 5.74) is 6.92. The molecule has 0 saturated carbocycles. The molecule has 0 spiro atoms. The van der Waals surface area contributed by atoms with Gasteiger partial charge in [0.2, 0.25) is 0 Å². The Morgan fingerprint density at radius 2 is 1.92 bits per heavy atom. The molecular formula is C22H32N2S. The summed E-state index contributed by atoms with van der Waals surface area (Å²) in [7, 11) is 0. The third kappa shape index (κ3) is 5.86. The molecule has 1 N–H and O–H groups in total. The minimum Gasteiger partial charge on any atom is -0.295 e. The highest BCUT2D eigenvalue weighted by Gasteiger charge is 2.17. The summed E-state index contributed by atoms with van der Waals surface area (Å²) in [6.07, 6.45) is 15.5. The SMILES string of the molecule is C=C(/C=C\C=C(/C)n1[nH]c(C(C)SC)c1CC)C(=C)/C=C(C)\C=C/C. The predicted molar refractivity (Wildman–Crippen MR) is 116 cm³/mol. The Morgan fingerprint density at radius 3 is 2.48 bits per heavy atom.